The number of fused-ring (bicyclic) bond motifs is 3. The molecule has 0 saturated carbocycles. The van der Waals surface area contributed by atoms with E-state index in [1.807, 2.05) is 0 Å². The van der Waals surface area contributed by atoms with Crippen molar-refractivity contribution in [1.29, 1.82) is 0 Å². The van der Waals surface area contributed by atoms with Crippen molar-refractivity contribution in [2.75, 3.05) is 13.1 Å². The first-order chi connectivity index (χ1) is 9.80. The van der Waals surface area contributed by atoms with Gasteiger partial charge in [-0.15, -0.1) is 0 Å². The third-order valence-corrected chi connectivity index (χ3v) is 4.59. The zero-order chi connectivity index (χ0) is 14.0. The van der Waals surface area contributed by atoms with E-state index in [0.717, 1.165) is 30.5 Å². The predicted octanol–water partition coefficient (Wildman–Crippen LogP) is 4.10. The first-order valence-corrected chi connectivity index (χ1v) is 7.33. The molecule has 1 aliphatic carbocycles. The van der Waals surface area contributed by atoms with E-state index in [4.69, 9.17) is 0 Å². The highest BCUT2D eigenvalue weighted by Gasteiger charge is 2.42. The minimum absolute atomic E-state index is 0.533. The maximum Gasteiger partial charge on any atom is 0.119 e. The van der Waals surface area contributed by atoms with Crippen LogP contribution in [0.15, 0.2) is 67.8 Å². The molecule has 0 N–H and O–H groups in total. The van der Waals surface area contributed by atoms with Crippen molar-refractivity contribution in [3.8, 4) is 0 Å². The predicted molar refractivity (Wildman–Crippen MR) is 86.1 cm³/mol. The van der Waals surface area contributed by atoms with Gasteiger partial charge in [-0.3, -0.25) is 0 Å². The van der Waals surface area contributed by atoms with Crippen LogP contribution < -0.4 is 0 Å². The summed E-state index contributed by atoms with van der Waals surface area (Å²) < 4.78 is 1.03. The van der Waals surface area contributed by atoms with Crippen LogP contribution in [0.5, 0.6) is 0 Å². The van der Waals surface area contributed by atoms with Crippen LogP contribution in [0.4, 0.5) is 0 Å². The van der Waals surface area contributed by atoms with Crippen molar-refractivity contribution >= 4 is 5.57 Å². The molecule has 0 amide bonds. The minimum atomic E-state index is 0.533. The van der Waals surface area contributed by atoms with Gasteiger partial charge in [0.1, 0.15) is 12.6 Å². The molecule has 1 heteroatoms. The van der Waals surface area contributed by atoms with Crippen LogP contribution in [-0.2, 0) is 6.54 Å². The smallest absolute Gasteiger partial charge is 0.119 e. The lowest BCUT2D eigenvalue weighted by molar-refractivity contribution is -0.946. The van der Waals surface area contributed by atoms with Crippen molar-refractivity contribution < 1.29 is 4.48 Å². The Hall–Kier alpha value is -1.86. The average Bonchev–Trinajstić information content (AvgIpc) is 2.48. The van der Waals surface area contributed by atoms with Crippen LogP contribution in [0.1, 0.15) is 17.5 Å². The quantitative estimate of drug-likeness (QED) is 0.567. The molecule has 1 unspecified atom stereocenters. The number of allylic oxidation sites excluding steroid dienone is 2. The Bertz CT molecular complexity index is 582. The van der Waals surface area contributed by atoms with Crippen LogP contribution >= 0.6 is 0 Å². The monoisotopic (exact) mass is 264 g/mol. The SMILES string of the molecule is C=CC[N+]1(CC=C)Cc2ccccc2C2=CC=CCC21. The van der Waals surface area contributed by atoms with E-state index in [9.17, 15) is 0 Å². The Labute approximate surface area is 121 Å². The van der Waals surface area contributed by atoms with Gasteiger partial charge in [-0.25, -0.2) is 0 Å². The van der Waals surface area contributed by atoms with Gasteiger partial charge in [-0.05, 0) is 17.7 Å². The topological polar surface area (TPSA) is 0 Å². The largest absolute Gasteiger partial charge is 0.307 e. The van der Waals surface area contributed by atoms with Crippen molar-refractivity contribution in [1.82, 2.24) is 0 Å². The molecular weight excluding hydrogens is 242 g/mol. The molecule has 1 nitrogen and oxygen atoms in total. The number of benzene rings is 1. The van der Waals surface area contributed by atoms with Crippen LogP contribution in [-0.4, -0.2) is 23.6 Å². The Balaban J connectivity index is 2.15. The van der Waals surface area contributed by atoms with Gasteiger partial charge in [0.2, 0.25) is 0 Å². The Morgan fingerprint density at radius 3 is 2.65 bits per heavy atom. The highest BCUT2D eigenvalue weighted by Crippen LogP contribution is 2.41. The molecule has 0 saturated heterocycles. The second kappa shape index (κ2) is 5.26. The molecule has 1 heterocycles. The van der Waals surface area contributed by atoms with E-state index in [1.54, 1.807) is 0 Å². The molecule has 0 spiro atoms. The lowest BCUT2D eigenvalue weighted by Gasteiger charge is -2.48. The van der Waals surface area contributed by atoms with Crippen LogP contribution in [0.2, 0.25) is 0 Å². The number of nitrogens with zero attached hydrogens (tertiary/aromatic N) is 1. The van der Waals surface area contributed by atoms with Crippen LogP contribution in [0.25, 0.3) is 5.57 Å². The summed E-state index contributed by atoms with van der Waals surface area (Å²) in [7, 11) is 0. The lowest BCUT2D eigenvalue weighted by Crippen LogP contribution is -2.57. The summed E-state index contributed by atoms with van der Waals surface area (Å²) >= 11 is 0. The molecule has 20 heavy (non-hydrogen) atoms. The van der Waals surface area contributed by atoms with Gasteiger partial charge in [-0.2, -0.15) is 0 Å². The van der Waals surface area contributed by atoms with Crippen LogP contribution in [0, 0.1) is 0 Å². The van der Waals surface area contributed by atoms with Gasteiger partial charge in [0.05, 0.1) is 13.1 Å². The Kier molecular flexibility index (Phi) is 3.45. The van der Waals surface area contributed by atoms with Crippen molar-refractivity contribution in [2.45, 2.75) is 19.0 Å². The number of quaternary nitrogens is 1. The zero-order valence-electron chi connectivity index (χ0n) is 12.0. The summed E-state index contributed by atoms with van der Waals surface area (Å²) in [4.78, 5) is 0. The Morgan fingerprint density at radius 1 is 1.15 bits per heavy atom. The highest BCUT2D eigenvalue weighted by atomic mass is 15.4. The summed E-state index contributed by atoms with van der Waals surface area (Å²) in [5, 5.41) is 0. The van der Waals surface area contributed by atoms with E-state index in [1.165, 1.54) is 16.7 Å². The molecule has 2 aliphatic rings. The molecule has 0 aromatic heterocycles. The molecular formula is C19H22N+. The molecule has 1 aliphatic heterocycles. The van der Waals surface area contributed by atoms with Gasteiger partial charge in [0.15, 0.2) is 0 Å². The van der Waals surface area contributed by atoms with Crippen molar-refractivity contribution in [2.24, 2.45) is 0 Å². The molecule has 102 valence electrons. The second-order valence-corrected chi connectivity index (χ2v) is 5.78. The lowest BCUT2D eigenvalue weighted by atomic mass is 9.82. The molecule has 0 radical (unpaired) electrons. The van der Waals surface area contributed by atoms with E-state index in [2.05, 4.69) is 67.8 Å². The first-order valence-electron chi connectivity index (χ1n) is 7.33. The number of hydrogen-bond donors (Lipinski definition) is 0. The summed E-state index contributed by atoms with van der Waals surface area (Å²) in [5.74, 6) is 0. The van der Waals surface area contributed by atoms with Gasteiger partial charge in [-0.1, -0.05) is 55.7 Å². The zero-order valence-corrected chi connectivity index (χ0v) is 12.0. The Morgan fingerprint density at radius 2 is 1.90 bits per heavy atom. The van der Waals surface area contributed by atoms with Gasteiger partial charge in [0.25, 0.3) is 0 Å². The summed E-state index contributed by atoms with van der Waals surface area (Å²) in [6.45, 7) is 11.0. The maximum atomic E-state index is 3.99. The molecule has 1 aromatic carbocycles. The van der Waals surface area contributed by atoms with E-state index < -0.39 is 0 Å². The summed E-state index contributed by atoms with van der Waals surface area (Å²) in [6.07, 6.45) is 12.0. The second-order valence-electron chi connectivity index (χ2n) is 5.78. The molecule has 1 aromatic rings. The summed E-state index contributed by atoms with van der Waals surface area (Å²) in [6, 6.07) is 9.36. The van der Waals surface area contributed by atoms with Crippen LogP contribution in [0.3, 0.4) is 0 Å². The molecule has 1 atom stereocenters. The standard InChI is InChI=1S/C19H22N/c1-3-13-20(14-4-2)15-16-9-5-6-10-17(16)18-11-7-8-12-19(18)20/h3-11,19H,1-2,12-15H2/q+1. The third kappa shape index (κ3) is 1.99. The van der Waals surface area contributed by atoms with Crippen molar-refractivity contribution in [3.05, 3.63) is 78.9 Å². The maximum absolute atomic E-state index is 3.99. The number of rotatable bonds is 4. The van der Waals surface area contributed by atoms with Gasteiger partial charge < -0.3 is 4.48 Å². The fourth-order valence-corrected chi connectivity index (χ4v) is 3.77. The summed E-state index contributed by atoms with van der Waals surface area (Å²) in [5.41, 5.74) is 4.37. The fraction of sp³-hybridized carbons (Fsp3) is 0.263. The number of hydrogen-bond acceptors (Lipinski definition) is 0. The molecule has 0 fully saturated rings. The minimum Gasteiger partial charge on any atom is -0.307 e. The highest BCUT2D eigenvalue weighted by molar-refractivity contribution is 5.74. The normalized spacial score (nSPS) is 22.4. The molecule has 0 bridgehead atoms. The third-order valence-electron chi connectivity index (χ3n) is 4.59. The average molecular weight is 264 g/mol. The fourth-order valence-electron chi connectivity index (χ4n) is 3.77. The first kappa shape index (κ1) is 13.1. The van der Waals surface area contributed by atoms with E-state index >= 15 is 0 Å². The van der Waals surface area contributed by atoms with E-state index in [0.29, 0.717) is 6.04 Å². The van der Waals surface area contributed by atoms with Gasteiger partial charge >= 0.3 is 0 Å². The van der Waals surface area contributed by atoms with Gasteiger partial charge in [0, 0.05) is 17.6 Å². The molecule has 3 rings (SSSR count). The van der Waals surface area contributed by atoms with Crippen molar-refractivity contribution in [3.63, 3.8) is 0 Å². The van der Waals surface area contributed by atoms with E-state index in [-0.39, 0.29) is 0 Å².